The first-order valence-electron chi connectivity index (χ1n) is 7.29. The quantitative estimate of drug-likeness (QED) is 0.673. The van der Waals surface area contributed by atoms with Gasteiger partial charge in [0.25, 0.3) is 5.91 Å². The molecule has 0 unspecified atom stereocenters. The average Bonchev–Trinajstić information content (AvgIpc) is 3.26. The normalized spacial score (nSPS) is 10.4. The molecule has 0 aliphatic heterocycles. The van der Waals surface area contributed by atoms with Gasteiger partial charge in [-0.2, -0.15) is 0 Å². The van der Waals surface area contributed by atoms with Gasteiger partial charge in [-0.1, -0.05) is 29.4 Å². The minimum absolute atomic E-state index is 0.240. The fourth-order valence-corrected chi connectivity index (χ4v) is 2.66. The lowest BCUT2D eigenvalue weighted by molar-refractivity contribution is 0.0942. The Labute approximate surface area is 137 Å². The number of nitrogens with zero attached hydrogens (tertiary/aromatic N) is 1. The second-order valence-electron chi connectivity index (χ2n) is 4.82. The molecule has 23 heavy (non-hydrogen) atoms. The van der Waals surface area contributed by atoms with Crippen molar-refractivity contribution >= 4 is 17.2 Å². The van der Waals surface area contributed by atoms with Gasteiger partial charge in [-0.25, -0.2) is 0 Å². The summed E-state index contributed by atoms with van der Waals surface area (Å²) in [6, 6.07) is 15.1. The first-order valence-corrected chi connectivity index (χ1v) is 8.17. The van der Waals surface area contributed by atoms with E-state index in [1.807, 2.05) is 47.8 Å². The molecule has 6 heteroatoms. The lowest BCUT2D eigenvalue weighted by atomic mass is 10.3. The molecule has 2 heterocycles. The molecule has 3 rings (SSSR count). The molecular formula is C17H16N2O3S. The third-order valence-corrected chi connectivity index (χ3v) is 4.01. The minimum atomic E-state index is -0.240. The number of para-hydroxylation sites is 1. The standard InChI is InChI=1S/C17H16N2O3S/c20-17(14-12-15(22-19-14)16-8-4-11-23-16)18-9-5-10-21-13-6-2-1-3-7-13/h1-4,6-8,11-12H,5,9-10H2,(H,18,20). The average molecular weight is 328 g/mol. The summed E-state index contributed by atoms with van der Waals surface area (Å²) < 4.78 is 10.8. The molecule has 0 aliphatic rings. The summed E-state index contributed by atoms with van der Waals surface area (Å²) in [5.74, 6) is 1.20. The van der Waals surface area contributed by atoms with E-state index in [-0.39, 0.29) is 11.6 Å². The van der Waals surface area contributed by atoms with E-state index in [9.17, 15) is 4.79 Å². The third-order valence-electron chi connectivity index (χ3n) is 3.13. The maximum atomic E-state index is 12.0. The van der Waals surface area contributed by atoms with Crippen LogP contribution in [0.25, 0.3) is 10.6 Å². The van der Waals surface area contributed by atoms with Crippen molar-refractivity contribution in [3.8, 4) is 16.4 Å². The van der Waals surface area contributed by atoms with Crippen molar-refractivity contribution in [2.24, 2.45) is 0 Å². The summed E-state index contributed by atoms with van der Waals surface area (Å²) in [5, 5.41) is 8.56. The predicted octanol–water partition coefficient (Wildman–Crippen LogP) is 3.60. The number of hydrogen-bond acceptors (Lipinski definition) is 5. The van der Waals surface area contributed by atoms with E-state index in [1.54, 1.807) is 17.4 Å². The summed E-state index contributed by atoms with van der Waals surface area (Å²) in [5.41, 5.74) is 0.289. The Morgan fingerprint density at radius 3 is 2.87 bits per heavy atom. The van der Waals surface area contributed by atoms with Gasteiger partial charge in [-0.3, -0.25) is 4.79 Å². The van der Waals surface area contributed by atoms with Crippen LogP contribution < -0.4 is 10.1 Å². The molecule has 0 radical (unpaired) electrons. The van der Waals surface area contributed by atoms with Crippen LogP contribution in [0.3, 0.4) is 0 Å². The zero-order chi connectivity index (χ0) is 15.9. The van der Waals surface area contributed by atoms with Gasteiger partial charge in [-0.05, 0) is 30.0 Å². The van der Waals surface area contributed by atoms with Crippen LogP contribution in [0.2, 0.25) is 0 Å². The number of carbonyl (C=O) groups is 1. The number of hydrogen-bond donors (Lipinski definition) is 1. The Kier molecular flexibility index (Phi) is 5.06. The lowest BCUT2D eigenvalue weighted by Gasteiger charge is -2.06. The van der Waals surface area contributed by atoms with Crippen molar-refractivity contribution in [2.45, 2.75) is 6.42 Å². The van der Waals surface area contributed by atoms with Crippen molar-refractivity contribution in [1.29, 1.82) is 0 Å². The van der Waals surface area contributed by atoms with Gasteiger partial charge in [0.05, 0.1) is 11.5 Å². The zero-order valence-electron chi connectivity index (χ0n) is 12.4. The molecular weight excluding hydrogens is 312 g/mol. The highest BCUT2D eigenvalue weighted by molar-refractivity contribution is 7.13. The molecule has 5 nitrogen and oxygen atoms in total. The monoisotopic (exact) mass is 328 g/mol. The number of aromatic nitrogens is 1. The van der Waals surface area contributed by atoms with Crippen LogP contribution in [-0.4, -0.2) is 24.2 Å². The van der Waals surface area contributed by atoms with Crippen LogP contribution in [0, 0.1) is 0 Å². The minimum Gasteiger partial charge on any atom is -0.494 e. The molecule has 0 atom stereocenters. The van der Waals surface area contributed by atoms with E-state index in [0.29, 0.717) is 18.9 Å². The van der Waals surface area contributed by atoms with Gasteiger partial charge < -0.3 is 14.6 Å². The van der Waals surface area contributed by atoms with Crippen LogP contribution >= 0.6 is 11.3 Å². The summed E-state index contributed by atoms with van der Waals surface area (Å²) in [6.45, 7) is 1.07. The Hall–Kier alpha value is -2.60. The topological polar surface area (TPSA) is 64.4 Å². The molecule has 1 aromatic carbocycles. The molecule has 118 valence electrons. The fraction of sp³-hybridized carbons (Fsp3) is 0.176. The van der Waals surface area contributed by atoms with Gasteiger partial charge >= 0.3 is 0 Å². The van der Waals surface area contributed by atoms with Crippen molar-refractivity contribution in [3.05, 3.63) is 59.6 Å². The van der Waals surface area contributed by atoms with Gasteiger partial charge in [0.2, 0.25) is 0 Å². The summed E-state index contributed by atoms with van der Waals surface area (Å²) in [4.78, 5) is 12.9. The lowest BCUT2D eigenvalue weighted by Crippen LogP contribution is -2.25. The molecule has 0 saturated heterocycles. The number of benzene rings is 1. The number of ether oxygens (including phenoxy) is 1. The molecule has 3 aromatic rings. The van der Waals surface area contributed by atoms with Gasteiger partial charge in [0.1, 0.15) is 5.75 Å². The van der Waals surface area contributed by atoms with E-state index in [0.717, 1.165) is 17.0 Å². The van der Waals surface area contributed by atoms with E-state index >= 15 is 0 Å². The van der Waals surface area contributed by atoms with Gasteiger partial charge in [0, 0.05) is 12.6 Å². The third kappa shape index (κ3) is 4.20. The van der Waals surface area contributed by atoms with Gasteiger partial charge in [0.15, 0.2) is 11.5 Å². The second-order valence-corrected chi connectivity index (χ2v) is 5.77. The highest BCUT2D eigenvalue weighted by Crippen LogP contribution is 2.24. The smallest absolute Gasteiger partial charge is 0.273 e. The number of thiophene rings is 1. The van der Waals surface area contributed by atoms with E-state index in [1.165, 1.54) is 0 Å². The summed E-state index contributed by atoms with van der Waals surface area (Å²) >= 11 is 1.54. The number of nitrogens with one attached hydrogen (secondary N) is 1. The van der Waals surface area contributed by atoms with Gasteiger partial charge in [-0.15, -0.1) is 11.3 Å². The maximum absolute atomic E-state index is 12.0. The Morgan fingerprint density at radius 1 is 1.22 bits per heavy atom. The van der Waals surface area contributed by atoms with Crippen molar-refractivity contribution in [1.82, 2.24) is 10.5 Å². The molecule has 2 aromatic heterocycles. The van der Waals surface area contributed by atoms with Crippen LogP contribution in [0.5, 0.6) is 5.75 Å². The van der Waals surface area contributed by atoms with Crippen molar-refractivity contribution < 1.29 is 14.1 Å². The van der Waals surface area contributed by atoms with Crippen LogP contribution in [0.4, 0.5) is 0 Å². The first kappa shape index (κ1) is 15.3. The number of carbonyl (C=O) groups excluding carboxylic acids is 1. The molecule has 0 aliphatic carbocycles. The number of amides is 1. The fourth-order valence-electron chi connectivity index (χ4n) is 1.99. The molecule has 0 fully saturated rings. The molecule has 1 amide bonds. The van der Waals surface area contributed by atoms with Crippen LogP contribution in [0.15, 0.2) is 58.4 Å². The Bertz CT molecular complexity index is 738. The summed E-state index contributed by atoms with van der Waals surface area (Å²) in [6.07, 6.45) is 0.719. The molecule has 0 bridgehead atoms. The molecule has 1 N–H and O–H groups in total. The largest absolute Gasteiger partial charge is 0.494 e. The highest BCUT2D eigenvalue weighted by Gasteiger charge is 2.13. The predicted molar refractivity (Wildman–Crippen MR) is 88.7 cm³/mol. The maximum Gasteiger partial charge on any atom is 0.273 e. The summed E-state index contributed by atoms with van der Waals surface area (Å²) in [7, 11) is 0. The van der Waals surface area contributed by atoms with E-state index < -0.39 is 0 Å². The first-order chi connectivity index (χ1) is 11.3. The second kappa shape index (κ2) is 7.60. The SMILES string of the molecule is O=C(NCCCOc1ccccc1)c1cc(-c2cccs2)on1. The zero-order valence-corrected chi connectivity index (χ0v) is 13.2. The van der Waals surface area contributed by atoms with Crippen molar-refractivity contribution in [2.75, 3.05) is 13.2 Å². The molecule has 0 saturated carbocycles. The van der Waals surface area contributed by atoms with Crippen LogP contribution in [0.1, 0.15) is 16.9 Å². The van der Waals surface area contributed by atoms with E-state index in [2.05, 4.69) is 10.5 Å². The Balaban J connectivity index is 1.41. The highest BCUT2D eigenvalue weighted by atomic mass is 32.1. The Morgan fingerprint density at radius 2 is 2.09 bits per heavy atom. The molecule has 0 spiro atoms. The van der Waals surface area contributed by atoms with Crippen molar-refractivity contribution in [3.63, 3.8) is 0 Å². The van der Waals surface area contributed by atoms with Crippen LogP contribution in [-0.2, 0) is 0 Å². The number of rotatable bonds is 7. The van der Waals surface area contributed by atoms with E-state index in [4.69, 9.17) is 9.26 Å².